The Hall–Kier alpha value is -3.65. The van der Waals surface area contributed by atoms with Crippen LogP contribution in [0.5, 0.6) is 0 Å². The van der Waals surface area contributed by atoms with Gasteiger partial charge in [0.15, 0.2) is 5.92 Å². The molecule has 0 spiro atoms. The molecule has 0 aliphatic rings. The molecule has 2 aromatic carbocycles. The van der Waals surface area contributed by atoms with Gasteiger partial charge in [0, 0.05) is 16.1 Å². The fourth-order valence-electron chi connectivity index (χ4n) is 2.66. The Balaban J connectivity index is 2.33. The lowest BCUT2D eigenvalue weighted by atomic mass is 9.93. The SMILES string of the molecule is N#Cc1c(-c2ccc(Cl)cc2)cc(-c2ccccc2)nc1C(C#N)C#N. The van der Waals surface area contributed by atoms with Crippen molar-refractivity contribution in [3.8, 4) is 40.6 Å². The van der Waals surface area contributed by atoms with Gasteiger partial charge in [0.05, 0.1) is 29.1 Å². The monoisotopic (exact) mass is 354 g/mol. The van der Waals surface area contributed by atoms with Crippen LogP contribution >= 0.6 is 11.6 Å². The zero-order valence-electron chi connectivity index (χ0n) is 13.5. The molecule has 26 heavy (non-hydrogen) atoms. The van der Waals surface area contributed by atoms with Crippen LogP contribution in [0.15, 0.2) is 60.7 Å². The molecule has 0 saturated heterocycles. The lowest BCUT2D eigenvalue weighted by Gasteiger charge is -2.13. The molecule has 122 valence electrons. The second kappa shape index (κ2) is 7.49. The zero-order valence-corrected chi connectivity index (χ0v) is 14.3. The molecule has 0 aliphatic carbocycles. The number of nitriles is 3. The molecule has 3 rings (SSSR count). The average molecular weight is 355 g/mol. The topological polar surface area (TPSA) is 84.3 Å². The number of nitrogens with zero attached hydrogens (tertiary/aromatic N) is 4. The molecule has 0 unspecified atom stereocenters. The first kappa shape index (κ1) is 17.2. The van der Waals surface area contributed by atoms with Crippen LogP contribution in [0.25, 0.3) is 22.4 Å². The number of hydrogen-bond donors (Lipinski definition) is 0. The third-order valence-corrected chi connectivity index (χ3v) is 4.17. The Labute approximate surface area is 156 Å². The summed E-state index contributed by atoms with van der Waals surface area (Å²) in [6, 6.07) is 24.2. The Morgan fingerprint density at radius 2 is 1.50 bits per heavy atom. The number of halogens is 1. The minimum Gasteiger partial charge on any atom is -0.249 e. The van der Waals surface area contributed by atoms with E-state index in [1.54, 1.807) is 30.3 Å². The predicted molar refractivity (Wildman–Crippen MR) is 98.8 cm³/mol. The van der Waals surface area contributed by atoms with Gasteiger partial charge in [-0.25, -0.2) is 4.98 Å². The van der Waals surface area contributed by atoms with Crippen molar-refractivity contribution in [3.05, 3.63) is 76.9 Å². The summed E-state index contributed by atoms with van der Waals surface area (Å²) < 4.78 is 0. The normalized spacial score (nSPS) is 9.96. The smallest absolute Gasteiger partial charge is 0.176 e. The molecule has 1 aromatic heterocycles. The van der Waals surface area contributed by atoms with Gasteiger partial charge in [-0.3, -0.25) is 0 Å². The van der Waals surface area contributed by atoms with Gasteiger partial charge in [-0.2, -0.15) is 15.8 Å². The van der Waals surface area contributed by atoms with E-state index in [1.165, 1.54) is 0 Å². The van der Waals surface area contributed by atoms with Gasteiger partial charge in [-0.1, -0.05) is 54.1 Å². The highest BCUT2D eigenvalue weighted by atomic mass is 35.5. The summed E-state index contributed by atoms with van der Waals surface area (Å²) in [5.74, 6) is -1.13. The number of pyridine rings is 1. The summed E-state index contributed by atoms with van der Waals surface area (Å²) in [4.78, 5) is 4.47. The van der Waals surface area contributed by atoms with Gasteiger partial charge in [0.2, 0.25) is 0 Å². The van der Waals surface area contributed by atoms with E-state index in [1.807, 2.05) is 42.5 Å². The maximum atomic E-state index is 9.68. The number of hydrogen-bond acceptors (Lipinski definition) is 4. The molecule has 0 radical (unpaired) electrons. The predicted octanol–water partition coefficient (Wildman–Crippen LogP) is 5.07. The highest BCUT2D eigenvalue weighted by Gasteiger charge is 2.22. The number of aromatic nitrogens is 1. The Bertz CT molecular complexity index is 1050. The van der Waals surface area contributed by atoms with Gasteiger partial charge in [0.25, 0.3) is 0 Å². The van der Waals surface area contributed by atoms with E-state index in [2.05, 4.69) is 11.1 Å². The van der Waals surface area contributed by atoms with Crippen molar-refractivity contribution in [2.45, 2.75) is 5.92 Å². The summed E-state index contributed by atoms with van der Waals surface area (Å²) in [6.45, 7) is 0. The van der Waals surface area contributed by atoms with Crippen LogP contribution in [0.3, 0.4) is 0 Å². The van der Waals surface area contributed by atoms with Crippen LogP contribution in [-0.2, 0) is 0 Å². The molecule has 5 heteroatoms. The Morgan fingerprint density at radius 3 is 2.08 bits per heavy atom. The summed E-state index contributed by atoms with van der Waals surface area (Å²) in [7, 11) is 0. The lowest BCUT2D eigenvalue weighted by Crippen LogP contribution is -2.04. The minimum atomic E-state index is -1.13. The highest BCUT2D eigenvalue weighted by molar-refractivity contribution is 6.30. The molecular formula is C21H11ClN4. The van der Waals surface area contributed by atoms with Crippen LogP contribution in [0.4, 0.5) is 0 Å². The van der Waals surface area contributed by atoms with Crippen molar-refractivity contribution >= 4 is 11.6 Å². The van der Waals surface area contributed by atoms with Gasteiger partial charge >= 0.3 is 0 Å². The number of benzene rings is 2. The van der Waals surface area contributed by atoms with E-state index < -0.39 is 5.92 Å². The minimum absolute atomic E-state index is 0.170. The maximum Gasteiger partial charge on any atom is 0.176 e. The Kier molecular flexibility index (Phi) is 4.95. The van der Waals surface area contributed by atoms with Crippen LogP contribution in [0.2, 0.25) is 5.02 Å². The van der Waals surface area contributed by atoms with E-state index >= 15 is 0 Å². The van der Waals surface area contributed by atoms with Crippen molar-refractivity contribution in [2.75, 3.05) is 0 Å². The molecule has 0 fully saturated rings. The summed E-state index contributed by atoms with van der Waals surface area (Å²) >= 11 is 5.96. The van der Waals surface area contributed by atoms with Crippen molar-refractivity contribution < 1.29 is 0 Å². The van der Waals surface area contributed by atoms with Crippen LogP contribution in [-0.4, -0.2) is 4.98 Å². The van der Waals surface area contributed by atoms with Crippen molar-refractivity contribution in [1.82, 2.24) is 4.98 Å². The molecule has 0 atom stereocenters. The molecule has 0 N–H and O–H groups in total. The summed E-state index contributed by atoms with van der Waals surface area (Å²) in [6.07, 6.45) is 0. The average Bonchev–Trinajstić information content (AvgIpc) is 2.69. The van der Waals surface area contributed by atoms with Crippen LogP contribution in [0.1, 0.15) is 17.2 Å². The number of rotatable bonds is 3. The maximum absolute atomic E-state index is 9.68. The van der Waals surface area contributed by atoms with Crippen LogP contribution in [0, 0.1) is 34.0 Å². The van der Waals surface area contributed by atoms with Crippen LogP contribution < -0.4 is 0 Å². The van der Waals surface area contributed by atoms with E-state index in [4.69, 9.17) is 11.6 Å². The van der Waals surface area contributed by atoms with E-state index in [0.29, 0.717) is 16.3 Å². The van der Waals surface area contributed by atoms with E-state index in [-0.39, 0.29) is 11.3 Å². The third-order valence-electron chi connectivity index (χ3n) is 3.92. The molecule has 0 saturated carbocycles. The van der Waals surface area contributed by atoms with Crippen molar-refractivity contribution in [1.29, 1.82) is 15.8 Å². The second-order valence-electron chi connectivity index (χ2n) is 5.49. The van der Waals surface area contributed by atoms with E-state index in [9.17, 15) is 15.8 Å². The van der Waals surface area contributed by atoms with E-state index in [0.717, 1.165) is 11.1 Å². The standard InChI is InChI=1S/C21H11ClN4/c22-17-8-6-14(7-9-17)18-10-20(15-4-2-1-3-5-15)26-21(19(18)13-25)16(11-23)12-24/h1-10,16H. The van der Waals surface area contributed by atoms with Gasteiger partial charge < -0.3 is 0 Å². The quantitative estimate of drug-likeness (QED) is 0.657. The highest BCUT2D eigenvalue weighted by Crippen LogP contribution is 2.33. The van der Waals surface area contributed by atoms with Crippen molar-refractivity contribution in [2.24, 2.45) is 0 Å². The van der Waals surface area contributed by atoms with Crippen molar-refractivity contribution in [3.63, 3.8) is 0 Å². The first-order valence-corrected chi connectivity index (χ1v) is 8.11. The molecule has 0 amide bonds. The van der Waals surface area contributed by atoms with Gasteiger partial charge in [-0.15, -0.1) is 0 Å². The molecule has 4 nitrogen and oxygen atoms in total. The largest absolute Gasteiger partial charge is 0.249 e. The molecule has 0 aliphatic heterocycles. The fourth-order valence-corrected chi connectivity index (χ4v) is 2.78. The molecule has 0 bridgehead atoms. The lowest BCUT2D eigenvalue weighted by molar-refractivity contribution is 1.01. The summed E-state index contributed by atoms with van der Waals surface area (Å²) in [5, 5.41) is 28.9. The second-order valence-corrected chi connectivity index (χ2v) is 5.93. The first-order chi connectivity index (χ1) is 12.7. The van der Waals surface area contributed by atoms with Gasteiger partial charge in [-0.05, 0) is 23.8 Å². The molecule has 1 heterocycles. The Morgan fingerprint density at radius 1 is 0.846 bits per heavy atom. The zero-order chi connectivity index (χ0) is 18.5. The third kappa shape index (κ3) is 3.26. The van der Waals surface area contributed by atoms with Gasteiger partial charge in [0.1, 0.15) is 6.07 Å². The fraction of sp³-hybridized carbons (Fsp3) is 0.0476. The molecule has 3 aromatic rings. The first-order valence-electron chi connectivity index (χ1n) is 7.73. The molecular weight excluding hydrogens is 344 g/mol. The summed E-state index contributed by atoms with van der Waals surface area (Å²) in [5.41, 5.74) is 3.21.